The van der Waals surface area contributed by atoms with Gasteiger partial charge in [0.15, 0.2) is 0 Å². The minimum Gasteiger partial charge on any atom is -0.0827 e. The molecule has 0 nitrogen and oxygen atoms in total. The summed E-state index contributed by atoms with van der Waals surface area (Å²) in [7, 11) is 0. The van der Waals surface area contributed by atoms with Crippen molar-refractivity contribution in [1.29, 1.82) is 0 Å². The van der Waals surface area contributed by atoms with E-state index in [0.29, 0.717) is 15.6 Å². The number of rotatable bonds is 1. The van der Waals surface area contributed by atoms with Gasteiger partial charge >= 0.3 is 0 Å². The molecule has 0 atom stereocenters. The third-order valence-electron chi connectivity index (χ3n) is 1.34. The van der Waals surface area contributed by atoms with Gasteiger partial charge in [0.05, 0.1) is 15.1 Å². The molecule has 0 saturated carbocycles. The van der Waals surface area contributed by atoms with E-state index in [9.17, 15) is 0 Å². The van der Waals surface area contributed by atoms with Gasteiger partial charge in [0, 0.05) is 0 Å². The summed E-state index contributed by atoms with van der Waals surface area (Å²) in [6.07, 6.45) is 0. The molecule has 0 unspecified atom stereocenters. The van der Waals surface area contributed by atoms with Crippen LogP contribution in [0.15, 0.2) is 22.7 Å². The van der Waals surface area contributed by atoms with Gasteiger partial charge in [0.2, 0.25) is 0 Å². The largest absolute Gasteiger partial charge is 0.126 e. The fourth-order valence-electron chi connectivity index (χ4n) is 0.742. The lowest BCUT2D eigenvalue weighted by molar-refractivity contribution is 1.65. The van der Waals surface area contributed by atoms with E-state index in [1.54, 1.807) is 18.2 Å². The predicted octanol–water partition coefficient (Wildman–Crippen LogP) is 5.34. The van der Waals surface area contributed by atoms with Crippen molar-refractivity contribution in [3.63, 3.8) is 0 Å². The third kappa shape index (κ3) is 2.93. The van der Waals surface area contributed by atoms with Gasteiger partial charge in [-0.3, -0.25) is 0 Å². The molecule has 1 aromatic rings. The molecule has 0 fully saturated rings. The topological polar surface area (TPSA) is 0 Å². The Morgan fingerprint density at radius 1 is 0.923 bits per heavy atom. The summed E-state index contributed by atoms with van der Waals surface area (Å²) in [5.41, 5.74) is 0.635. The van der Waals surface area contributed by atoms with Gasteiger partial charge in [-0.2, -0.15) is 0 Å². The van der Waals surface area contributed by atoms with Crippen LogP contribution < -0.4 is 0 Å². The van der Waals surface area contributed by atoms with E-state index < -0.39 is 0 Å². The highest BCUT2D eigenvalue weighted by Crippen LogP contribution is 2.31. The Hall–Kier alpha value is 0.410. The highest BCUT2D eigenvalue weighted by atomic mass is 35.5. The maximum Gasteiger partial charge on any atom is 0.126 e. The fourth-order valence-corrected chi connectivity index (χ4v) is 1.38. The summed E-state index contributed by atoms with van der Waals surface area (Å²) < 4.78 is 0.0000517. The van der Waals surface area contributed by atoms with Crippen LogP contribution in [0.25, 0.3) is 5.03 Å². The van der Waals surface area contributed by atoms with E-state index in [4.69, 9.17) is 58.0 Å². The molecule has 0 radical (unpaired) electrons. The Labute approximate surface area is 101 Å². The SMILES string of the molecule is ClC(Cl)=C(Cl)c1ccc(Cl)c(Cl)c1. The first-order chi connectivity index (χ1) is 6.02. The summed E-state index contributed by atoms with van der Waals surface area (Å²) in [5.74, 6) is 0. The van der Waals surface area contributed by atoms with Crippen molar-refractivity contribution in [2.45, 2.75) is 0 Å². The van der Waals surface area contributed by atoms with E-state index in [0.717, 1.165) is 0 Å². The van der Waals surface area contributed by atoms with Crippen molar-refractivity contribution >= 4 is 63.0 Å². The highest BCUT2D eigenvalue weighted by molar-refractivity contribution is 6.66. The lowest BCUT2D eigenvalue weighted by Gasteiger charge is -2.01. The van der Waals surface area contributed by atoms with Crippen LogP contribution in [0, 0.1) is 0 Å². The van der Waals surface area contributed by atoms with E-state index in [2.05, 4.69) is 0 Å². The molecule has 1 rings (SSSR count). The van der Waals surface area contributed by atoms with Crippen LogP contribution in [0.5, 0.6) is 0 Å². The molecule has 70 valence electrons. The van der Waals surface area contributed by atoms with Gasteiger partial charge in [-0.1, -0.05) is 64.1 Å². The molecule has 0 saturated heterocycles. The van der Waals surface area contributed by atoms with Gasteiger partial charge in [-0.05, 0) is 17.7 Å². The predicted molar refractivity (Wildman–Crippen MR) is 60.9 cm³/mol. The van der Waals surface area contributed by atoms with E-state index in [1.165, 1.54) is 0 Å². The molecule has 13 heavy (non-hydrogen) atoms. The van der Waals surface area contributed by atoms with Crippen molar-refractivity contribution < 1.29 is 0 Å². The Kier molecular flexibility index (Phi) is 4.21. The van der Waals surface area contributed by atoms with Crippen LogP contribution in [-0.4, -0.2) is 0 Å². The second-order valence-electron chi connectivity index (χ2n) is 2.20. The Morgan fingerprint density at radius 3 is 2.00 bits per heavy atom. The third-order valence-corrected chi connectivity index (χ3v) is 3.06. The average Bonchev–Trinajstić information content (AvgIpc) is 2.08. The van der Waals surface area contributed by atoms with E-state index in [1.807, 2.05) is 0 Å². The Morgan fingerprint density at radius 2 is 1.54 bits per heavy atom. The van der Waals surface area contributed by atoms with Crippen molar-refractivity contribution in [3.8, 4) is 0 Å². The van der Waals surface area contributed by atoms with Crippen LogP contribution in [0.2, 0.25) is 10.0 Å². The first-order valence-corrected chi connectivity index (χ1v) is 5.07. The van der Waals surface area contributed by atoms with Gasteiger partial charge in [-0.25, -0.2) is 0 Å². The standard InChI is InChI=1S/C8H3Cl5/c9-5-2-1-4(3-6(5)10)7(11)8(12)13/h1-3H. The van der Waals surface area contributed by atoms with Crippen LogP contribution in [-0.2, 0) is 0 Å². The Balaban J connectivity index is 3.19. The number of halogens is 5. The minimum atomic E-state index is 0.0000517. The lowest BCUT2D eigenvalue weighted by Crippen LogP contribution is -1.78. The van der Waals surface area contributed by atoms with Crippen molar-refractivity contribution in [3.05, 3.63) is 38.3 Å². The summed E-state index contributed by atoms with van der Waals surface area (Å²) >= 11 is 28.2. The Bertz CT molecular complexity index is 352. The van der Waals surface area contributed by atoms with Gasteiger partial charge < -0.3 is 0 Å². The first kappa shape index (κ1) is 11.5. The molecule has 0 aliphatic rings. The molecule has 0 spiro atoms. The summed E-state index contributed by atoms with van der Waals surface area (Å²) in [5, 5.41) is 1.12. The molecule has 0 amide bonds. The molecule has 0 aliphatic carbocycles. The van der Waals surface area contributed by atoms with E-state index in [-0.39, 0.29) is 9.52 Å². The van der Waals surface area contributed by atoms with Crippen LogP contribution in [0.4, 0.5) is 0 Å². The van der Waals surface area contributed by atoms with Gasteiger partial charge in [0.25, 0.3) is 0 Å². The zero-order chi connectivity index (χ0) is 10.0. The molecular weight excluding hydrogens is 273 g/mol. The van der Waals surface area contributed by atoms with Gasteiger partial charge in [-0.15, -0.1) is 0 Å². The minimum absolute atomic E-state index is 0.0000517. The highest BCUT2D eigenvalue weighted by Gasteiger charge is 2.05. The number of hydrogen-bond donors (Lipinski definition) is 0. The van der Waals surface area contributed by atoms with Crippen LogP contribution in [0.1, 0.15) is 5.56 Å². The number of benzene rings is 1. The van der Waals surface area contributed by atoms with Crippen LogP contribution in [0.3, 0.4) is 0 Å². The smallest absolute Gasteiger partial charge is 0.0827 e. The molecule has 0 bridgehead atoms. The maximum atomic E-state index is 5.78. The molecular formula is C8H3Cl5. The molecule has 0 aromatic heterocycles. The average molecular weight is 276 g/mol. The second-order valence-corrected chi connectivity index (χ2v) is 4.35. The summed E-state index contributed by atoms with van der Waals surface area (Å²) in [6.45, 7) is 0. The summed E-state index contributed by atoms with van der Waals surface area (Å²) in [4.78, 5) is 0. The second kappa shape index (κ2) is 4.77. The van der Waals surface area contributed by atoms with Gasteiger partial charge in [0.1, 0.15) is 4.49 Å². The first-order valence-electron chi connectivity index (χ1n) is 3.18. The zero-order valence-electron chi connectivity index (χ0n) is 6.12. The van der Waals surface area contributed by atoms with Crippen molar-refractivity contribution in [2.24, 2.45) is 0 Å². The number of hydrogen-bond acceptors (Lipinski definition) is 0. The van der Waals surface area contributed by atoms with Crippen molar-refractivity contribution in [1.82, 2.24) is 0 Å². The quantitative estimate of drug-likeness (QED) is 0.650. The fraction of sp³-hybridized carbons (Fsp3) is 0. The zero-order valence-corrected chi connectivity index (χ0v) is 9.90. The maximum absolute atomic E-state index is 5.78. The molecule has 0 N–H and O–H groups in total. The molecule has 5 heteroatoms. The van der Waals surface area contributed by atoms with E-state index >= 15 is 0 Å². The molecule has 0 heterocycles. The lowest BCUT2D eigenvalue weighted by atomic mass is 10.2. The monoisotopic (exact) mass is 274 g/mol. The van der Waals surface area contributed by atoms with Crippen molar-refractivity contribution in [2.75, 3.05) is 0 Å². The van der Waals surface area contributed by atoms with Crippen LogP contribution >= 0.6 is 58.0 Å². The molecule has 0 aliphatic heterocycles. The normalized spacial score (nSPS) is 9.92. The summed E-state index contributed by atoms with van der Waals surface area (Å²) in [6, 6.07) is 4.90. The molecule has 1 aromatic carbocycles.